The average molecular weight is 251 g/mol. The zero-order valence-corrected chi connectivity index (χ0v) is 11.5. The van der Waals surface area contributed by atoms with Crippen molar-refractivity contribution in [2.75, 3.05) is 26.3 Å². The van der Waals surface area contributed by atoms with Gasteiger partial charge in [0.05, 0.1) is 6.61 Å². The third-order valence-corrected chi connectivity index (χ3v) is 3.51. The second kappa shape index (κ2) is 7.52. The third kappa shape index (κ3) is 4.77. The van der Waals surface area contributed by atoms with Gasteiger partial charge in [-0.2, -0.15) is 0 Å². The molecule has 0 aliphatic carbocycles. The SMILES string of the molecule is CCC(C)(CO)CN(CCO)Cc1ccccc1. The van der Waals surface area contributed by atoms with Crippen molar-refractivity contribution in [2.24, 2.45) is 5.41 Å². The van der Waals surface area contributed by atoms with Gasteiger partial charge >= 0.3 is 0 Å². The standard InChI is InChI=1S/C15H25NO2/c1-3-15(2,13-18)12-16(9-10-17)11-14-7-5-4-6-8-14/h4-8,17-18H,3,9-13H2,1-2H3. The Morgan fingerprint density at radius 1 is 1.17 bits per heavy atom. The summed E-state index contributed by atoms with van der Waals surface area (Å²) in [4.78, 5) is 2.20. The van der Waals surface area contributed by atoms with E-state index in [1.807, 2.05) is 18.2 Å². The highest BCUT2D eigenvalue weighted by Gasteiger charge is 2.24. The van der Waals surface area contributed by atoms with Gasteiger partial charge in [0.25, 0.3) is 0 Å². The Hall–Kier alpha value is -0.900. The molecule has 0 heterocycles. The summed E-state index contributed by atoms with van der Waals surface area (Å²) < 4.78 is 0. The van der Waals surface area contributed by atoms with Crippen molar-refractivity contribution in [1.29, 1.82) is 0 Å². The molecular weight excluding hydrogens is 226 g/mol. The first-order valence-corrected chi connectivity index (χ1v) is 6.61. The summed E-state index contributed by atoms with van der Waals surface area (Å²) in [7, 11) is 0. The summed E-state index contributed by atoms with van der Waals surface area (Å²) in [5.74, 6) is 0. The van der Waals surface area contributed by atoms with E-state index in [0.717, 1.165) is 19.5 Å². The number of aliphatic hydroxyl groups excluding tert-OH is 2. The van der Waals surface area contributed by atoms with Crippen molar-refractivity contribution < 1.29 is 10.2 Å². The number of hydrogen-bond donors (Lipinski definition) is 2. The molecule has 0 amide bonds. The van der Waals surface area contributed by atoms with E-state index < -0.39 is 0 Å². The minimum Gasteiger partial charge on any atom is -0.396 e. The lowest BCUT2D eigenvalue weighted by molar-refractivity contribution is 0.0715. The van der Waals surface area contributed by atoms with Gasteiger partial charge in [0.1, 0.15) is 0 Å². The largest absolute Gasteiger partial charge is 0.396 e. The molecule has 3 nitrogen and oxygen atoms in total. The maximum absolute atomic E-state index is 9.48. The number of hydrogen-bond acceptors (Lipinski definition) is 3. The molecule has 0 aliphatic heterocycles. The summed E-state index contributed by atoms with van der Waals surface area (Å²) in [6.07, 6.45) is 0.931. The van der Waals surface area contributed by atoms with E-state index in [0.29, 0.717) is 6.54 Å². The second-order valence-electron chi connectivity index (χ2n) is 5.24. The number of rotatable bonds is 8. The monoisotopic (exact) mass is 251 g/mol. The van der Waals surface area contributed by atoms with Gasteiger partial charge in [-0.25, -0.2) is 0 Å². The highest BCUT2D eigenvalue weighted by atomic mass is 16.3. The molecule has 3 heteroatoms. The van der Waals surface area contributed by atoms with Gasteiger partial charge in [-0.05, 0) is 12.0 Å². The van der Waals surface area contributed by atoms with Gasteiger partial charge in [-0.3, -0.25) is 4.90 Å². The van der Waals surface area contributed by atoms with Crippen LogP contribution in [0.2, 0.25) is 0 Å². The quantitative estimate of drug-likeness (QED) is 0.741. The third-order valence-electron chi connectivity index (χ3n) is 3.51. The van der Waals surface area contributed by atoms with Crippen LogP contribution >= 0.6 is 0 Å². The fourth-order valence-corrected chi connectivity index (χ4v) is 2.01. The molecule has 2 N–H and O–H groups in total. The van der Waals surface area contributed by atoms with Gasteiger partial charge < -0.3 is 10.2 Å². The Morgan fingerprint density at radius 2 is 1.83 bits per heavy atom. The number of nitrogens with zero attached hydrogens (tertiary/aromatic N) is 1. The fourth-order valence-electron chi connectivity index (χ4n) is 2.01. The van der Waals surface area contributed by atoms with Gasteiger partial charge in [0.15, 0.2) is 0 Å². The summed E-state index contributed by atoms with van der Waals surface area (Å²) in [6.45, 7) is 6.77. The molecule has 1 aromatic rings. The lowest BCUT2D eigenvalue weighted by Crippen LogP contribution is -2.39. The van der Waals surface area contributed by atoms with Crippen LogP contribution in [0.15, 0.2) is 30.3 Å². The van der Waals surface area contributed by atoms with Gasteiger partial charge in [0, 0.05) is 31.7 Å². The summed E-state index contributed by atoms with van der Waals surface area (Å²) in [5.41, 5.74) is 1.14. The fraction of sp³-hybridized carbons (Fsp3) is 0.600. The van der Waals surface area contributed by atoms with Crippen LogP contribution in [0, 0.1) is 5.41 Å². The molecular formula is C15H25NO2. The first-order chi connectivity index (χ1) is 8.63. The Labute approximate surface area is 110 Å². The second-order valence-corrected chi connectivity index (χ2v) is 5.24. The summed E-state index contributed by atoms with van der Waals surface area (Å²) >= 11 is 0. The van der Waals surface area contributed by atoms with Gasteiger partial charge in [-0.15, -0.1) is 0 Å². The maximum atomic E-state index is 9.48. The molecule has 0 aliphatic rings. The highest BCUT2D eigenvalue weighted by Crippen LogP contribution is 2.22. The molecule has 0 radical (unpaired) electrons. The molecule has 1 rings (SSSR count). The molecule has 0 saturated heterocycles. The predicted octanol–water partition coefficient (Wildman–Crippen LogP) is 1.89. The van der Waals surface area contributed by atoms with E-state index in [-0.39, 0.29) is 18.6 Å². The van der Waals surface area contributed by atoms with Crippen LogP contribution in [0.4, 0.5) is 0 Å². The maximum Gasteiger partial charge on any atom is 0.0558 e. The van der Waals surface area contributed by atoms with Crippen molar-refractivity contribution in [3.63, 3.8) is 0 Å². The molecule has 0 fully saturated rings. The first kappa shape index (κ1) is 15.2. The molecule has 0 saturated carbocycles. The molecule has 0 spiro atoms. The topological polar surface area (TPSA) is 43.7 Å². The van der Waals surface area contributed by atoms with Crippen LogP contribution in [0.25, 0.3) is 0 Å². The zero-order valence-electron chi connectivity index (χ0n) is 11.5. The van der Waals surface area contributed by atoms with E-state index in [1.165, 1.54) is 5.56 Å². The first-order valence-electron chi connectivity index (χ1n) is 6.61. The average Bonchev–Trinajstić information content (AvgIpc) is 2.40. The number of benzene rings is 1. The lowest BCUT2D eigenvalue weighted by Gasteiger charge is -2.33. The highest BCUT2D eigenvalue weighted by molar-refractivity contribution is 5.14. The van der Waals surface area contributed by atoms with Crippen LogP contribution in [0.5, 0.6) is 0 Å². The molecule has 102 valence electrons. The van der Waals surface area contributed by atoms with Crippen LogP contribution in [0.1, 0.15) is 25.8 Å². The molecule has 1 aromatic carbocycles. The van der Waals surface area contributed by atoms with E-state index >= 15 is 0 Å². The molecule has 0 bridgehead atoms. The normalized spacial score (nSPS) is 14.7. The van der Waals surface area contributed by atoms with Crippen molar-refractivity contribution >= 4 is 0 Å². The van der Waals surface area contributed by atoms with E-state index in [2.05, 4.69) is 30.9 Å². The molecule has 18 heavy (non-hydrogen) atoms. The van der Waals surface area contributed by atoms with Gasteiger partial charge in [0.2, 0.25) is 0 Å². The van der Waals surface area contributed by atoms with Crippen LogP contribution in [-0.4, -0.2) is 41.4 Å². The van der Waals surface area contributed by atoms with Gasteiger partial charge in [-0.1, -0.05) is 44.2 Å². The summed E-state index contributed by atoms with van der Waals surface area (Å²) in [6, 6.07) is 10.2. The van der Waals surface area contributed by atoms with Crippen molar-refractivity contribution in [3.05, 3.63) is 35.9 Å². The molecule has 0 aromatic heterocycles. The van der Waals surface area contributed by atoms with E-state index in [9.17, 15) is 5.11 Å². The van der Waals surface area contributed by atoms with E-state index in [1.54, 1.807) is 0 Å². The van der Waals surface area contributed by atoms with Crippen molar-refractivity contribution in [2.45, 2.75) is 26.8 Å². The Morgan fingerprint density at radius 3 is 2.33 bits per heavy atom. The van der Waals surface area contributed by atoms with Crippen molar-refractivity contribution in [3.8, 4) is 0 Å². The Balaban J connectivity index is 2.65. The molecule has 1 unspecified atom stereocenters. The van der Waals surface area contributed by atoms with E-state index in [4.69, 9.17) is 5.11 Å². The molecule has 1 atom stereocenters. The minimum absolute atomic E-state index is 0.0933. The van der Waals surface area contributed by atoms with Crippen molar-refractivity contribution in [1.82, 2.24) is 4.90 Å². The predicted molar refractivity (Wildman–Crippen MR) is 74.3 cm³/mol. The van der Waals surface area contributed by atoms with Crippen LogP contribution in [-0.2, 0) is 6.54 Å². The smallest absolute Gasteiger partial charge is 0.0558 e. The Kier molecular flexibility index (Phi) is 6.33. The Bertz CT molecular complexity index is 323. The minimum atomic E-state index is -0.0933. The number of aliphatic hydroxyl groups is 2. The zero-order chi connectivity index (χ0) is 13.4. The lowest BCUT2D eigenvalue weighted by atomic mass is 9.88. The van der Waals surface area contributed by atoms with Crippen LogP contribution < -0.4 is 0 Å². The summed E-state index contributed by atoms with van der Waals surface area (Å²) in [5, 5.41) is 18.6. The van der Waals surface area contributed by atoms with Crippen LogP contribution in [0.3, 0.4) is 0 Å².